The fourth-order valence-electron chi connectivity index (χ4n) is 1.32. The van der Waals surface area contributed by atoms with Gasteiger partial charge in [0, 0.05) is 5.56 Å². The Kier molecular flexibility index (Phi) is 2.61. The third kappa shape index (κ3) is 2.00. The Bertz CT molecular complexity index is 510. The molecule has 1 heterocycles. The molecule has 0 unspecified atom stereocenters. The van der Waals surface area contributed by atoms with Gasteiger partial charge in [-0.2, -0.15) is 5.01 Å². The van der Waals surface area contributed by atoms with Crippen molar-refractivity contribution in [3.05, 3.63) is 48.2 Å². The maximum Gasteiger partial charge on any atom is 0.350 e. The Hall–Kier alpha value is -2.63. The van der Waals surface area contributed by atoms with Gasteiger partial charge in [0.25, 0.3) is 11.8 Å². The van der Waals surface area contributed by atoms with Crippen LogP contribution in [0.2, 0.25) is 0 Å². The number of hydrazine groups is 1. The summed E-state index contributed by atoms with van der Waals surface area (Å²) in [5.41, 5.74) is 2.61. The van der Waals surface area contributed by atoms with Crippen LogP contribution in [0.5, 0.6) is 0 Å². The van der Waals surface area contributed by atoms with Gasteiger partial charge in [-0.1, -0.05) is 24.8 Å². The molecule has 1 aliphatic rings. The van der Waals surface area contributed by atoms with Gasteiger partial charge in [-0.3, -0.25) is 20.3 Å². The Balaban J connectivity index is 2.23. The van der Waals surface area contributed by atoms with E-state index in [4.69, 9.17) is 0 Å². The number of imide groups is 2. The molecule has 0 radical (unpaired) electrons. The minimum Gasteiger partial charge on any atom is -0.282 e. The molecule has 1 fully saturated rings. The first-order valence-electron chi connectivity index (χ1n) is 4.80. The summed E-state index contributed by atoms with van der Waals surface area (Å²) in [6.45, 7) is 3.39. The minimum atomic E-state index is -0.823. The number of nitrogens with zero attached hydrogens (tertiary/aromatic N) is 1. The average Bonchev–Trinajstić information content (AvgIpc) is 2.34. The lowest BCUT2D eigenvalue weighted by molar-refractivity contribution is -0.118. The van der Waals surface area contributed by atoms with Gasteiger partial charge >= 0.3 is 6.03 Å². The molecule has 1 aliphatic heterocycles. The standard InChI is InChI=1S/C11H9N3O3/c1-7-9(15)12-11(17)14(13-7)10(16)8-5-3-2-4-6-8/h2-6,13H,1H2,(H,12,15,17). The van der Waals surface area contributed by atoms with E-state index in [-0.39, 0.29) is 5.70 Å². The molecule has 0 saturated carbocycles. The maximum atomic E-state index is 11.9. The minimum absolute atomic E-state index is 0.0612. The summed E-state index contributed by atoms with van der Waals surface area (Å²) in [6, 6.07) is 7.41. The number of hydrogen-bond acceptors (Lipinski definition) is 4. The van der Waals surface area contributed by atoms with Gasteiger partial charge in [-0.15, -0.1) is 0 Å². The molecule has 1 aromatic rings. The lowest BCUT2D eigenvalue weighted by Gasteiger charge is -2.27. The van der Waals surface area contributed by atoms with E-state index in [1.165, 1.54) is 0 Å². The number of carbonyl (C=O) groups is 3. The number of benzene rings is 1. The molecule has 6 nitrogen and oxygen atoms in total. The van der Waals surface area contributed by atoms with E-state index < -0.39 is 17.8 Å². The molecular weight excluding hydrogens is 222 g/mol. The van der Waals surface area contributed by atoms with E-state index in [0.29, 0.717) is 10.6 Å². The van der Waals surface area contributed by atoms with Crippen molar-refractivity contribution in [1.29, 1.82) is 0 Å². The predicted octanol–water partition coefficient (Wildman–Crippen LogP) is 0.397. The first kappa shape index (κ1) is 10.9. The quantitative estimate of drug-likeness (QED) is 0.685. The second-order valence-corrected chi connectivity index (χ2v) is 3.36. The highest BCUT2D eigenvalue weighted by Crippen LogP contribution is 2.06. The number of carbonyl (C=O) groups excluding carboxylic acids is 3. The second-order valence-electron chi connectivity index (χ2n) is 3.36. The van der Waals surface area contributed by atoms with Crippen LogP contribution in [0, 0.1) is 0 Å². The zero-order valence-electron chi connectivity index (χ0n) is 8.77. The molecule has 17 heavy (non-hydrogen) atoms. The monoisotopic (exact) mass is 231 g/mol. The normalized spacial score (nSPS) is 15.3. The number of rotatable bonds is 1. The Morgan fingerprint density at radius 3 is 2.47 bits per heavy atom. The van der Waals surface area contributed by atoms with Crippen molar-refractivity contribution in [1.82, 2.24) is 15.8 Å². The van der Waals surface area contributed by atoms with E-state index in [1.807, 2.05) is 5.32 Å². The van der Waals surface area contributed by atoms with E-state index in [2.05, 4.69) is 12.0 Å². The summed E-state index contributed by atoms with van der Waals surface area (Å²) >= 11 is 0. The number of urea groups is 1. The summed E-state index contributed by atoms with van der Waals surface area (Å²) in [5, 5.41) is 2.70. The molecule has 1 saturated heterocycles. The molecule has 0 aromatic heterocycles. The summed E-state index contributed by atoms with van der Waals surface area (Å²) in [4.78, 5) is 34.4. The topological polar surface area (TPSA) is 78.5 Å². The van der Waals surface area contributed by atoms with Crippen LogP contribution >= 0.6 is 0 Å². The summed E-state index contributed by atoms with van der Waals surface area (Å²) < 4.78 is 0. The molecule has 0 atom stereocenters. The fourth-order valence-corrected chi connectivity index (χ4v) is 1.32. The van der Waals surface area contributed by atoms with E-state index in [9.17, 15) is 14.4 Å². The van der Waals surface area contributed by atoms with Crippen molar-refractivity contribution in [3.63, 3.8) is 0 Å². The molecule has 0 bridgehead atoms. The molecule has 1 aromatic carbocycles. The highest BCUT2D eigenvalue weighted by Gasteiger charge is 2.31. The summed E-state index contributed by atoms with van der Waals surface area (Å²) in [6.07, 6.45) is 0. The highest BCUT2D eigenvalue weighted by molar-refractivity contribution is 6.13. The van der Waals surface area contributed by atoms with E-state index in [0.717, 1.165) is 0 Å². The largest absolute Gasteiger partial charge is 0.350 e. The second kappa shape index (κ2) is 4.09. The van der Waals surface area contributed by atoms with Crippen LogP contribution < -0.4 is 10.7 Å². The van der Waals surface area contributed by atoms with Crippen molar-refractivity contribution in [2.45, 2.75) is 0 Å². The molecule has 0 spiro atoms. The molecule has 2 rings (SSSR count). The first-order chi connectivity index (χ1) is 8.09. The number of hydrogen-bond donors (Lipinski definition) is 2. The van der Waals surface area contributed by atoms with Crippen molar-refractivity contribution in [2.24, 2.45) is 0 Å². The van der Waals surface area contributed by atoms with Gasteiger partial charge < -0.3 is 0 Å². The molecular formula is C11H9N3O3. The highest BCUT2D eigenvalue weighted by atomic mass is 16.2. The third-order valence-electron chi connectivity index (χ3n) is 2.17. The van der Waals surface area contributed by atoms with Gasteiger partial charge in [-0.25, -0.2) is 4.79 Å². The van der Waals surface area contributed by atoms with Crippen molar-refractivity contribution >= 4 is 17.8 Å². The molecule has 2 N–H and O–H groups in total. The average molecular weight is 231 g/mol. The zero-order chi connectivity index (χ0) is 12.4. The summed E-state index contributed by atoms with van der Waals surface area (Å²) in [5.74, 6) is -1.20. The van der Waals surface area contributed by atoms with Crippen LogP contribution in [0.4, 0.5) is 4.79 Å². The van der Waals surface area contributed by atoms with Crippen molar-refractivity contribution in [2.75, 3.05) is 0 Å². The van der Waals surface area contributed by atoms with E-state index in [1.54, 1.807) is 30.3 Å². The lowest BCUT2D eigenvalue weighted by Crippen LogP contribution is -2.59. The number of amides is 4. The van der Waals surface area contributed by atoms with Crippen LogP contribution in [0.1, 0.15) is 10.4 Å². The molecule has 0 aliphatic carbocycles. The van der Waals surface area contributed by atoms with Crippen LogP contribution in [-0.4, -0.2) is 22.9 Å². The van der Waals surface area contributed by atoms with Gasteiger partial charge in [0.15, 0.2) is 0 Å². The van der Waals surface area contributed by atoms with Gasteiger partial charge in [0.05, 0.1) is 0 Å². The number of nitrogens with one attached hydrogen (secondary N) is 2. The molecule has 86 valence electrons. The SMILES string of the molecule is C=C1NN(C(=O)c2ccccc2)C(=O)NC1=O. The maximum absolute atomic E-state index is 11.9. The Labute approximate surface area is 96.9 Å². The van der Waals surface area contributed by atoms with Crippen LogP contribution in [-0.2, 0) is 4.79 Å². The van der Waals surface area contributed by atoms with Crippen LogP contribution in [0.15, 0.2) is 42.6 Å². The zero-order valence-corrected chi connectivity index (χ0v) is 8.77. The van der Waals surface area contributed by atoms with Crippen LogP contribution in [0.3, 0.4) is 0 Å². The summed E-state index contributed by atoms with van der Waals surface area (Å²) in [7, 11) is 0. The third-order valence-corrected chi connectivity index (χ3v) is 2.17. The van der Waals surface area contributed by atoms with Gasteiger partial charge in [0.2, 0.25) is 0 Å². The molecule has 4 amide bonds. The Morgan fingerprint density at radius 2 is 1.82 bits per heavy atom. The fraction of sp³-hybridized carbons (Fsp3) is 0. The van der Waals surface area contributed by atoms with Crippen molar-refractivity contribution in [3.8, 4) is 0 Å². The smallest absolute Gasteiger partial charge is 0.282 e. The first-order valence-corrected chi connectivity index (χ1v) is 4.80. The van der Waals surface area contributed by atoms with Crippen LogP contribution in [0.25, 0.3) is 0 Å². The predicted molar refractivity (Wildman–Crippen MR) is 58.4 cm³/mol. The van der Waals surface area contributed by atoms with Gasteiger partial charge in [-0.05, 0) is 12.1 Å². The lowest BCUT2D eigenvalue weighted by atomic mass is 10.2. The van der Waals surface area contributed by atoms with Gasteiger partial charge in [0.1, 0.15) is 5.70 Å². The van der Waals surface area contributed by atoms with Crippen molar-refractivity contribution < 1.29 is 14.4 Å². The Morgan fingerprint density at radius 1 is 1.18 bits per heavy atom. The molecule has 6 heteroatoms. The van der Waals surface area contributed by atoms with E-state index >= 15 is 0 Å².